The van der Waals surface area contributed by atoms with Gasteiger partial charge in [-0.25, -0.2) is 0 Å². The van der Waals surface area contributed by atoms with E-state index in [1.165, 1.54) is 52.8 Å². The lowest BCUT2D eigenvalue weighted by molar-refractivity contribution is 1.16. The maximum Gasteiger partial charge on any atom is 0.0364 e. The van der Waals surface area contributed by atoms with Gasteiger partial charge in [0.1, 0.15) is 0 Å². The van der Waals surface area contributed by atoms with E-state index in [4.69, 9.17) is 0 Å². The van der Waals surface area contributed by atoms with Crippen molar-refractivity contribution in [3.63, 3.8) is 0 Å². The topological polar surface area (TPSA) is 0 Å². The maximum absolute atomic E-state index is 2.41. The SMILES string of the molecule is CCc1cc2sc3cc(C)c4ccccc4c3c2c2ccccc12. The normalized spacial score (nSPS) is 11.9. The minimum absolute atomic E-state index is 1.07. The van der Waals surface area contributed by atoms with Crippen LogP contribution in [-0.4, -0.2) is 0 Å². The summed E-state index contributed by atoms with van der Waals surface area (Å²) in [4.78, 5) is 0. The molecular weight excluding hydrogens is 308 g/mol. The lowest BCUT2D eigenvalue weighted by Crippen LogP contribution is -1.85. The Morgan fingerprint density at radius 1 is 0.708 bits per heavy atom. The highest BCUT2D eigenvalue weighted by Crippen LogP contribution is 2.43. The van der Waals surface area contributed by atoms with E-state index < -0.39 is 0 Å². The van der Waals surface area contributed by atoms with Crippen molar-refractivity contribution in [2.45, 2.75) is 20.3 Å². The number of rotatable bonds is 1. The first-order valence-electron chi connectivity index (χ1n) is 8.53. The van der Waals surface area contributed by atoms with Crippen molar-refractivity contribution >= 4 is 53.1 Å². The molecule has 0 unspecified atom stereocenters. The molecule has 24 heavy (non-hydrogen) atoms. The first kappa shape index (κ1) is 14.0. The largest absolute Gasteiger partial charge is 0.135 e. The summed E-state index contributed by atoms with van der Waals surface area (Å²) in [6, 6.07) is 22.5. The molecule has 0 aliphatic heterocycles. The lowest BCUT2D eigenvalue weighted by atomic mass is 9.95. The highest BCUT2D eigenvalue weighted by Gasteiger charge is 2.14. The molecule has 116 valence electrons. The second-order valence-corrected chi connectivity index (χ2v) is 7.61. The van der Waals surface area contributed by atoms with Gasteiger partial charge in [0.05, 0.1) is 0 Å². The summed E-state index contributed by atoms with van der Waals surface area (Å²) in [5, 5.41) is 8.40. The van der Waals surface area contributed by atoms with Crippen LogP contribution in [0.2, 0.25) is 0 Å². The Morgan fingerprint density at radius 2 is 1.25 bits per heavy atom. The van der Waals surface area contributed by atoms with E-state index in [0.717, 1.165) is 6.42 Å². The zero-order valence-electron chi connectivity index (χ0n) is 13.9. The molecule has 1 aromatic heterocycles. The second kappa shape index (κ2) is 5.06. The standard InChI is InChI=1S/C23H18S/c1-3-15-13-21-23(19-11-7-5-9-17(15)19)22-18-10-6-4-8-16(18)14(2)12-20(22)24-21/h4-13H,3H2,1-2H3. The zero-order valence-corrected chi connectivity index (χ0v) is 14.7. The van der Waals surface area contributed by atoms with Gasteiger partial charge in [-0.3, -0.25) is 0 Å². The summed E-state index contributed by atoms with van der Waals surface area (Å²) < 4.78 is 2.82. The molecule has 4 aromatic carbocycles. The molecule has 0 radical (unpaired) electrons. The number of hydrogen-bond donors (Lipinski definition) is 0. The van der Waals surface area contributed by atoms with Crippen molar-refractivity contribution in [1.29, 1.82) is 0 Å². The van der Waals surface area contributed by atoms with Gasteiger partial charge >= 0.3 is 0 Å². The third-order valence-corrected chi connectivity index (χ3v) is 6.24. The van der Waals surface area contributed by atoms with Crippen LogP contribution in [0.4, 0.5) is 0 Å². The molecule has 5 aromatic rings. The Kier molecular flexibility index (Phi) is 2.95. The smallest absolute Gasteiger partial charge is 0.0364 e. The van der Waals surface area contributed by atoms with Crippen molar-refractivity contribution < 1.29 is 0 Å². The van der Waals surface area contributed by atoms with E-state index >= 15 is 0 Å². The fraction of sp³-hybridized carbons (Fsp3) is 0.130. The number of hydrogen-bond acceptors (Lipinski definition) is 1. The van der Waals surface area contributed by atoms with Crippen LogP contribution >= 0.6 is 11.3 Å². The summed E-state index contributed by atoms with van der Waals surface area (Å²) >= 11 is 1.94. The van der Waals surface area contributed by atoms with Gasteiger partial charge in [0.15, 0.2) is 0 Å². The summed E-state index contributed by atoms with van der Waals surface area (Å²) in [5.74, 6) is 0. The Balaban J connectivity index is 2.14. The van der Waals surface area contributed by atoms with Gasteiger partial charge in [0.25, 0.3) is 0 Å². The third kappa shape index (κ3) is 1.79. The molecule has 0 amide bonds. The number of aryl methyl sites for hydroxylation is 2. The quantitative estimate of drug-likeness (QED) is 0.305. The predicted octanol–water partition coefficient (Wildman–Crippen LogP) is 7.23. The Morgan fingerprint density at radius 3 is 1.92 bits per heavy atom. The molecule has 1 heterocycles. The van der Waals surface area contributed by atoms with E-state index in [0.29, 0.717) is 0 Å². The molecule has 0 saturated heterocycles. The molecule has 0 bridgehead atoms. The summed E-state index contributed by atoms with van der Waals surface area (Å²) in [6.07, 6.45) is 1.07. The lowest BCUT2D eigenvalue weighted by Gasteiger charge is -2.08. The van der Waals surface area contributed by atoms with Gasteiger partial charge in [-0.1, -0.05) is 55.5 Å². The van der Waals surface area contributed by atoms with Crippen LogP contribution in [-0.2, 0) is 6.42 Å². The molecule has 0 atom stereocenters. The Labute approximate surface area is 145 Å². The van der Waals surface area contributed by atoms with Crippen molar-refractivity contribution in [3.05, 3.63) is 71.8 Å². The number of thiophene rings is 1. The molecule has 0 aliphatic carbocycles. The molecule has 0 aliphatic rings. The van der Waals surface area contributed by atoms with Crippen LogP contribution < -0.4 is 0 Å². The van der Waals surface area contributed by atoms with Crippen molar-refractivity contribution in [1.82, 2.24) is 0 Å². The van der Waals surface area contributed by atoms with E-state index in [2.05, 4.69) is 74.5 Å². The fourth-order valence-corrected chi connectivity index (χ4v) is 5.34. The van der Waals surface area contributed by atoms with E-state index in [9.17, 15) is 0 Å². The Hall–Kier alpha value is -2.38. The fourth-order valence-electron chi connectivity index (χ4n) is 4.03. The van der Waals surface area contributed by atoms with Crippen LogP contribution in [0.3, 0.4) is 0 Å². The van der Waals surface area contributed by atoms with Gasteiger partial charge in [-0.15, -0.1) is 11.3 Å². The van der Waals surface area contributed by atoms with Gasteiger partial charge in [0.2, 0.25) is 0 Å². The molecule has 1 heteroatoms. The second-order valence-electron chi connectivity index (χ2n) is 6.52. The average molecular weight is 326 g/mol. The van der Waals surface area contributed by atoms with Gasteiger partial charge in [0, 0.05) is 20.2 Å². The van der Waals surface area contributed by atoms with Gasteiger partial charge < -0.3 is 0 Å². The minimum Gasteiger partial charge on any atom is -0.135 e. The zero-order chi connectivity index (χ0) is 16.3. The van der Waals surface area contributed by atoms with Crippen LogP contribution in [0, 0.1) is 6.92 Å². The Bertz CT molecular complexity index is 1240. The van der Waals surface area contributed by atoms with Gasteiger partial charge in [-0.05, 0) is 58.1 Å². The summed E-state index contributed by atoms with van der Waals surface area (Å²) in [5.41, 5.74) is 2.82. The molecule has 0 nitrogen and oxygen atoms in total. The molecule has 0 fully saturated rings. The molecule has 5 rings (SSSR count). The van der Waals surface area contributed by atoms with Crippen LogP contribution in [0.15, 0.2) is 60.7 Å². The monoisotopic (exact) mass is 326 g/mol. The van der Waals surface area contributed by atoms with Crippen molar-refractivity contribution in [2.24, 2.45) is 0 Å². The summed E-state index contributed by atoms with van der Waals surface area (Å²) in [7, 11) is 0. The van der Waals surface area contributed by atoms with Crippen molar-refractivity contribution in [3.8, 4) is 0 Å². The van der Waals surface area contributed by atoms with E-state index in [1.54, 1.807) is 0 Å². The highest BCUT2D eigenvalue weighted by atomic mass is 32.1. The molecule has 0 N–H and O–H groups in total. The van der Waals surface area contributed by atoms with Crippen LogP contribution in [0.1, 0.15) is 18.1 Å². The van der Waals surface area contributed by atoms with E-state index in [1.807, 2.05) is 11.3 Å². The minimum atomic E-state index is 1.07. The average Bonchev–Trinajstić information content (AvgIpc) is 2.99. The molecule has 0 spiro atoms. The number of fused-ring (bicyclic) bond motifs is 7. The predicted molar refractivity (Wildman–Crippen MR) is 108 cm³/mol. The molecule has 0 saturated carbocycles. The maximum atomic E-state index is 2.41. The van der Waals surface area contributed by atoms with Crippen LogP contribution in [0.5, 0.6) is 0 Å². The van der Waals surface area contributed by atoms with Gasteiger partial charge in [-0.2, -0.15) is 0 Å². The first-order valence-corrected chi connectivity index (χ1v) is 9.34. The third-order valence-electron chi connectivity index (χ3n) is 5.16. The van der Waals surface area contributed by atoms with E-state index in [-0.39, 0.29) is 0 Å². The summed E-state index contributed by atoms with van der Waals surface area (Å²) in [6.45, 7) is 4.47. The first-order chi connectivity index (χ1) is 11.8. The number of benzene rings is 4. The van der Waals surface area contributed by atoms with Crippen LogP contribution in [0.25, 0.3) is 41.7 Å². The highest BCUT2D eigenvalue weighted by molar-refractivity contribution is 7.26. The van der Waals surface area contributed by atoms with Crippen molar-refractivity contribution in [2.75, 3.05) is 0 Å². The molecular formula is C23H18S.